The number of halogens is 5. The predicted molar refractivity (Wildman–Crippen MR) is 137 cm³/mol. The van der Waals surface area contributed by atoms with E-state index in [1.807, 2.05) is 0 Å². The molecule has 0 aliphatic carbocycles. The summed E-state index contributed by atoms with van der Waals surface area (Å²) in [5.74, 6) is -1.94. The van der Waals surface area contributed by atoms with Gasteiger partial charge in [-0.3, -0.25) is 9.59 Å². The summed E-state index contributed by atoms with van der Waals surface area (Å²) in [5.41, 5.74) is -3.07. The zero-order valence-corrected chi connectivity index (χ0v) is 21.8. The van der Waals surface area contributed by atoms with Crippen LogP contribution in [0.15, 0.2) is 59.4 Å². The lowest BCUT2D eigenvalue weighted by Gasteiger charge is -2.17. The number of ether oxygens (including phenoxy) is 2. The Morgan fingerprint density at radius 2 is 1.73 bits per heavy atom. The van der Waals surface area contributed by atoms with E-state index < -0.39 is 47.0 Å². The van der Waals surface area contributed by atoms with Crippen LogP contribution in [0.5, 0.6) is 5.75 Å². The van der Waals surface area contributed by atoms with Crippen LogP contribution >= 0.6 is 11.3 Å². The molecule has 0 aliphatic rings. The smallest absolute Gasteiger partial charge is 0.417 e. The van der Waals surface area contributed by atoms with Crippen molar-refractivity contribution >= 4 is 17.3 Å². The van der Waals surface area contributed by atoms with Gasteiger partial charge in [-0.2, -0.15) is 18.4 Å². The maximum atomic E-state index is 14.5. The van der Waals surface area contributed by atoms with E-state index in [1.165, 1.54) is 26.4 Å². The molecule has 2 aromatic carbocycles. The second-order valence-corrected chi connectivity index (χ2v) is 9.58. The molecule has 0 aliphatic heterocycles. The van der Waals surface area contributed by atoms with Gasteiger partial charge in [0, 0.05) is 22.1 Å². The third kappa shape index (κ3) is 5.74. The third-order valence-electron chi connectivity index (χ3n) is 6.05. The minimum Gasteiger partial charge on any atom is -0.496 e. The fraction of sp³-hybridized carbons (Fsp3) is 0.179. The Kier molecular flexibility index (Phi) is 8.06. The van der Waals surface area contributed by atoms with Gasteiger partial charge in [0.2, 0.25) is 0 Å². The fourth-order valence-electron chi connectivity index (χ4n) is 4.09. The third-order valence-corrected chi connectivity index (χ3v) is 7.20. The van der Waals surface area contributed by atoms with Gasteiger partial charge in [-0.15, -0.1) is 11.3 Å². The molecule has 0 atom stereocenters. The van der Waals surface area contributed by atoms with Crippen molar-refractivity contribution in [3.63, 3.8) is 0 Å². The van der Waals surface area contributed by atoms with Crippen molar-refractivity contribution in [1.82, 2.24) is 4.57 Å². The Bertz CT molecular complexity index is 1700. The highest BCUT2D eigenvalue weighted by atomic mass is 32.1. The van der Waals surface area contributed by atoms with Crippen molar-refractivity contribution in [2.45, 2.75) is 19.1 Å². The van der Waals surface area contributed by atoms with Crippen molar-refractivity contribution in [3.8, 4) is 32.8 Å². The number of esters is 1. The lowest BCUT2D eigenvalue weighted by molar-refractivity contribution is -0.140. The van der Waals surface area contributed by atoms with Crippen LogP contribution in [0.3, 0.4) is 0 Å². The summed E-state index contributed by atoms with van der Waals surface area (Å²) in [7, 11) is 2.68. The largest absolute Gasteiger partial charge is 0.496 e. The Morgan fingerprint density at radius 1 is 1.00 bits per heavy atom. The number of aromatic nitrogens is 1. The summed E-state index contributed by atoms with van der Waals surface area (Å²) in [5, 5.41) is 9.38. The molecular weight excluding hydrogens is 555 g/mol. The summed E-state index contributed by atoms with van der Waals surface area (Å²) in [6.07, 6.45) is -5.10. The van der Waals surface area contributed by atoms with Crippen LogP contribution in [-0.4, -0.2) is 24.8 Å². The van der Waals surface area contributed by atoms with Crippen molar-refractivity contribution in [2.75, 3.05) is 14.2 Å². The number of benzene rings is 2. The van der Waals surface area contributed by atoms with E-state index >= 15 is 0 Å². The maximum Gasteiger partial charge on any atom is 0.417 e. The van der Waals surface area contributed by atoms with Gasteiger partial charge in [0.15, 0.2) is 0 Å². The molecule has 2 aromatic heterocycles. The highest BCUT2D eigenvalue weighted by Gasteiger charge is 2.37. The van der Waals surface area contributed by atoms with E-state index in [1.54, 1.807) is 24.3 Å². The molecule has 0 bridgehead atoms. The molecule has 4 aromatic rings. The second kappa shape index (κ2) is 11.3. The molecule has 0 radical (unpaired) electrons. The molecular formula is C28H19F5N2O4S. The first-order valence-corrected chi connectivity index (χ1v) is 12.3. The monoisotopic (exact) mass is 574 g/mol. The number of nitrogens with zero attached hydrogens (tertiary/aromatic N) is 2. The molecule has 12 heteroatoms. The summed E-state index contributed by atoms with van der Waals surface area (Å²) in [6, 6.07) is 12.7. The van der Waals surface area contributed by atoms with Crippen molar-refractivity contribution in [2.24, 2.45) is 0 Å². The van der Waals surface area contributed by atoms with Crippen molar-refractivity contribution < 1.29 is 36.2 Å². The number of carbonyl (C=O) groups excluding carboxylic acids is 1. The van der Waals surface area contributed by atoms with Crippen LogP contribution in [0.4, 0.5) is 22.0 Å². The standard InChI is InChI=1S/C28H19F5N2O4S/c1-38-23-6-4-15(9-17(23)10-26(36)39-2)24-7-8-25(40-24)22-12-20(28(31,32)33)19(13-34)27(37)35(22)14-16-3-5-18(29)11-21(16)30/h3-9,11-12H,10,14H2,1-2H3. The van der Waals surface area contributed by atoms with Crippen LogP contribution in [0.2, 0.25) is 0 Å². The molecule has 0 saturated carbocycles. The van der Waals surface area contributed by atoms with Gasteiger partial charge in [0.05, 0.1) is 43.3 Å². The highest BCUT2D eigenvalue weighted by Crippen LogP contribution is 2.39. The number of hydrogen-bond acceptors (Lipinski definition) is 6. The van der Waals surface area contributed by atoms with Crippen LogP contribution in [0, 0.1) is 23.0 Å². The number of nitriles is 1. The number of carbonyl (C=O) groups is 1. The van der Waals surface area contributed by atoms with Crippen LogP contribution in [0.1, 0.15) is 22.3 Å². The number of alkyl halides is 3. The summed E-state index contributed by atoms with van der Waals surface area (Å²) >= 11 is 1.04. The number of thiophene rings is 1. The van der Waals surface area contributed by atoms with Gasteiger partial charge < -0.3 is 14.0 Å². The first-order chi connectivity index (χ1) is 19.0. The number of methoxy groups -OCH3 is 2. The lowest BCUT2D eigenvalue weighted by atomic mass is 10.1. The molecule has 206 valence electrons. The van der Waals surface area contributed by atoms with Crippen LogP contribution in [-0.2, 0) is 28.7 Å². The molecule has 4 rings (SSSR count). The fourth-order valence-corrected chi connectivity index (χ4v) is 5.12. The summed E-state index contributed by atoms with van der Waals surface area (Å²) in [4.78, 5) is 25.8. The van der Waals surface area contributed by atoms with E-state index in [0.717, 1.165) is 28.0 Å². The first kappa shape index (κ1) is 28.5. The van der Waals surface area contributed by atoms with E-state index in [4.69, 9.17) is 9.47 Å². The quantitative estimate of drug-likeness (QED) is 0.194. The summed E-state index contributed by atoms with van der Waals surface area (Å²) in [6.45, 7) is -0.549. The summed E-state index contributed by atoms with van der Waals surface area (Å²) < 4.78 is 80.3. The number of rotatable bonds is 7. The Balaban J connectivity index is 1.88. The van der Waals surface area contributed by atoms with Crippen molar-refractivity contribution in [3.05, 3.63) is 98.8 Å². The van der Waals surface area contributed by atoms with E-state index in [0.29, 0.717) is 33.9 Å². The zero-order chi connectivity index (χ0) is 29.2. The Morgan fingerprint density at radius 3 is 2.35 bits per heavy atom. The topological polar surface area (TPSA) is 81.3 Å². The lowest BCUT2D eigenvalue weighted by Crippen LogP contribution is -2.28. The van der Waals surface area contributed by atoms with Crippen LogP contribution < -0.4 is 10.3 Å². The minimum atomic E-state index is -5.02. The molecule has 40 heavy (non-hydrogen) atoms. The molecule has 0 unspecified atom stereocenters. The number of pyridine rings is 1. The first-order valence-electron chi connectivity index (χ1n) is 11.5. The maximum absolute atomic E-state index is 14.5. The normalized spacial score (nSPS) is 11.2. The Hall–Kier alpha value is -4.50. The highest BCUT2D eigenvalue weighted by molar-refractivity contribution is 7.18. The molecule has 0 spiro atoms. The predicted octanol–water partition coefficient (Wildman–Crippen LogP) is 6.18. The van der Waals surface area contributed by atoms with Crippen LogP contribution in [0.25, 0.3) is 21.0 Å². The SMILES string of the molecule is COC(=O)Cc1cc(-c2ccc(-c3cc(C(F)(F)F)c(C#N)c(=O)n3Cc3ccc(F)cc3F)s2)ccc1OC. The second-order valence-electron chi connectivity index (χ2n) is 8.50. The van der Waals surface area contributed by atoms with Gasteiger partial charge in [0.1, 0.15) is 29.0 Å². The molecule has 0 saturated heterocycles. The van der Waals surface area contributed by atoms with Gasteiger partial charge in [-0.1, -0.05) is 6.07 Å². The van der Waals surface area contributed by atoms with E-state index in [9.17, 15) is 36.8 Å². The Labute approximate surface area is 228 Å². The molecule has 2 heterocycles. The van der Waals surface area contributed by atoms with E-state index in [-0.39, 0.29) is 22.6 Å². The van der Waals surface area contributed by atoms with Gasteiger partial charge in [0.25, 0.3) is 5.56 Å². The molecule has 0 N–H and O–H groups in total. The van der Waals surface area contributed by atoms with Crippen molar-refractivity contribution in [1.29, 1.82) is 5.26 Å². The molecule has 0 amide bonds. The molecule has 0 fully saturated rings. The number of hydrogen-bond donors (Lipinski definition) is 0. The van der Waals surface area contributed by atoms with Gasteiger partial charge in [-0.05, 0) is 48.0 Å². The zero-order valence-electron chi connectivity index (χ0n) is 20.9. The average molecular weight is 575 g/mol. The average Bonchev–Trinajstić information content (AvgIpc) is 3.40. The minimum absolute atomic E-state index is 0.0842. The molecule has 6 nitrogen and oxygen atoms in total. The van der Waals surface area contributed by atoms with Gasteiger partial charge >= 0.3 is 12.1 Å². The van der Waals surface area contributed by atoms with E-state index in [2.05, 4.69) is 0 Å². The van der Waals surface area contributed by atoms with Gasteiger partial charge in [-0.25, -0.2) is 8.78 Å².